The van der Waals surface area contributed by atoms with Crippen molar-refractivity contribution in [2.45, 2.75) is 58.0 Å². The quantitative estimate of drug-likeness (QED) is 0.661. The van der Waals surface area contributed by atoms with Gasteiger partial charge in [-0.05, 0) is 52.6 Å². The van der Waals surface area contributed by atoms with E-state index in [0.29, 0.717) is 0 Å². The Balaban J connectivity index is 2.10. The maximum absolute atomic E-state index is 5.38. The molecule has 1 N–H and O–H groups in total. The van der Waals surface area contributed by atoms with Gasteiger partial charge in [-0.25, -0.2) is 0 Å². The molecule has 1 aliphatic carbocycles. The minimum Gasteiger partial charge on any atom is -0.382 e. The Morgan fingerprint density at radius 3 is 2.47 bits per heavy atom. The standard InChI is InChI=1S/C14H30N2O/c1-4-15-13-7-9-14(10-8-13)16(3)11-6-12-17-5-2/h13-15H,4-12H2,1-3H3. The van der Waals surface area contributed by atoms with Crippen molar-refractivity contribution in [3.05, 3.63) is 0 Å². The van der Waals surface area contributed by atoms with Crippen LogP contribution in [-0.2, 0) is 4.74 Å². The van der Waals surface area contributed by atoms with Crippen LogP contribution in [-0.4, -0.2) is 50.3 Å². The molecule has 1 rings (SSSR count). The van der Waals surface area contributed by atoms with Crippen molar-refractivity contribution in [1.82, 2.24) is 10.2 Å². The summed E-state index contributed by atoms with van der Waals surface area (Å²) in [6, 6.07) is 1.57. The van der Waals surface area contributed by atoms with E-state index in [4.69, 9.17) is 4.74 Å². The molecule has 0 saturated heterocycles. The number of rotatable bonds is 8. The summed E-state index contributed by atoms with van der Waals surface area (Å²) >= 11 is 0. The summed E-state index contributed by atoms with van der Waals surface area (Å²) in [5.74, 6) is 0. The zero-order chi connectivity index (χ0) is 12.5. The zero-order valence-corrected chi connectivity index (χ0v) is 11.9. The van der Waals surface area contributed by atoms with E-state index < -0.39 is 0 Å². The molecule has 102 valence electrons. The molecule has 0 radical (unpaired) electrons. The molecule has 0 aliphatic heterocycles. The Labute approximate surface area is 107 Å². The number of hydrogen-bond acceptors (Lipinski definition) is 3. The average Bonchev–Trinajstić information content (AvgIpc) is 2.36. The zero-order valence-electron chi connectivity index (χ0n) is 11.9. The van der Waals surface area contributed by atoms with Crippen molar-refractivity contribution in [2.24, 2.45) is 0 Å². The molecule has 0 unspecified atom stereocenters. The Morgan fingerprint density at radius 2 is 1.88 bits per heavy atom. The number of hydrogen-bond donors (Lipinski definition) is 1. The van der Waals surface area contributed by atoms with E-state index in [-0.39, 0.29) is 0 Å². The smallest absolute Gasteiger partial charge is 0.0478 e. The lowest BCUT2D eigenvalue weighted by atomic mass is 9.90. The molecule has 1 aliphatic rings. The van der Waals surface area contributed by atoms with Crippen molar-refractivity contribution >= 4 is 0 Å². The second-order valence-corrected chi connectivity index (χ2v) is 5.09. The van der Waals surface area contributed by atoms with Crippen molar-refractivity contribution < 1.29 is 4.74 Å². The first-order valence-electron chi connectivity index (χ1n) is 7.29. The Hall–Kier alpha value is -0.120. The molecule has 0 aromatic carbocycles. The van der Waals surface area contributed by atoms with Gasteiger partial charge in [0.05, 0.1) is 0 Å². The third-order valence-corrected chi connectivity index (χ3v) is 3.82. The molecule has 1 saturated carbocycles. The monoisotopic (exact) mass is 242 g/mol. The normalized spacial score (nSPS) is 25.4. The number of nitrogens with one attached hydrogen (secondary N) is 1. The lowest BCUT2D eigenvalue weighted by Crippen LogP contribution is -2.41. The summed E-state index contributed by atoms with van der Waals surface area (Å²) in [5, 5.41) is 3.57. The summed E-state index contributed by atoms with van der Waals surface area (Å²) in [5.41, 5.74) is 0. The first-order chi connectivity index (χ1) is 8.27. The van der Waals surface area contributed by atoms with Crippen LogP contribution in [0.3, 0.4) is 0 Å². The molecule has 0 aromatic heterocycles. The van der Waals surface area contributed by atoms with Gasteiger partial charge in [0, 0.05) is 31.8 Å². The van der Waals surface area contributed by atoms with Crippen molar-refractivity contribution in [3.8, 4) is 0 Å². The van der Waals surface area contributed by atoms with Crippen LogP contribution in [0.5, 0.6) is 0 Å². The number of nitrogens with zero attached hydrogens (tertiary/aromatic N) is 1. The van der Waals surface area contributed by atoms with Crippen molar-refractivity contribution in [1.29, 1.82) is 0 Å². The van der Waals surface area contributed by atoms with Gasteiger partial charge in [0.25, 0.3) is 0 Å². The molecular weight excluding hydrogens is 212 g/mol. The third-order valence-electron chi connectivity index (χ3n) is 3.82. The predicted molar refractivity (Wildman–Crippen MR) is 73.5 cm³/mol. The third kappa shape index (κ3) is 5.84. The Morgan fingerprint density at radius 1 is 1.18 bits per heavy atom. The van der Waals surface area contributed by atoms with Gasteiger partial charge in [0.1, 0.15) is 0 Å². The van der Waals surface area contributed by atoms with Crippen LogP contribution in [0.2, 0.25) is 0 Å². The van der Waals surface area contributed by atoms with Crippen LogP contribution in [0.1, 0.15) is 46.0 Å². The highest BCUT2D eigenvalue weighted by Crippen LogP contribution is 2.22. The minimum atomic E-state index is 0.771. The van der Waals surface area contributed by atoms with E-state index in [1.807, 2.05) is 0 Å². The highest BCUT2D eigenvalue weighted by Gasteiger charge is 2.22. The summed E-state index contributed by atoms with van der Waals surface area (Å²) in [6.07, 6.45) is 6.55. The van der Waals surface area contributed by atoms with E-state index in [1.165, 1.54) is 32.2 Å². The van der Waals surface area contributed by atoms with Crippen LogP contribution in [0.4, 0.5) is 0 Å². The summed E-state index contributed by atoms with van der Waals surface area (Å²) in [6.45, 7) is 8.30. The maximum atomic E-state index is 5.38. The first kappa shape index (κ1) is 14.9. The fraction of sp³-hybridized carbons (Fsp3) is 1.00. The fourth-order valence-electron chi connectivity index (χ4n) is 2.75. The van der Waals surface area contributed by atoms with E-state index in [9.17, 15) is 0 Å². The van der Waals surface area contributed by atoms with Crippen LogP contribution in [0.15, 0.2) is 0 Å². The van der Waals surface area contributed by atoms with Crippen LogP contribution in [0, 0.1) is 0 Å². The lowest BCUT2D eigenvalue weighted by Gasteiger charge is -2.35. The largest absolute Gasteiger partial charge is 0.382 e. The Bertz CT molecular complexity index is 179. The molecule has 0 atom stereocenters. The average molecular weight is 242 g/mol. The second-order valence-electron chi connectivity index (χ2n) is 5.09. The van der Waals surface area contributed by atoms with Crippen LogP contribution < -0.4 is 5.32 Å². The molecule has 3 heteroatoms. The molecule has 17 heavy (non-hydrogen) atoms. The SMILES string of the molecule is CCNC1CCC(N(C)CCCOCC)CC1. The Kier molecular flexibility index (Phi) is 7.82. The molecule has 0 amide bonds. The van der Waals surface area contributed by atoms with Gasteiger partial charge in [-0.2, -0.15) is 0 Å². The van der Waals surface area contributed by atoms with E-state index in [1.54, 1.807) is 0 Å². The molecule has 0 spiro atoms. The van der Waals surface area contributed by atoms with Crippen molar-refractivity contribution in [3.63, 3.8) is 0 Å². The van der Waals surface area contributed by atoms with Gasteiger partial charge < -0.3 is 15.0 Å². The molecule has 3 nitrogen and oxygen atoms in total. The topological polar surface area (TPSA) is 24.5 Å². The summed E-state index contributed by atoms with van der Waals surface area (Å²) in [7, 11) is 2.27. The first-order valence-corrected chi connectivity index (χ1v) is 7.29. The summed E-state index contributed by atoms with van der Waals surface area (Å²) in [4.78, 5) is 2.53. The van der Waals surface area contributed by atoms with Crippen LogP contribution in [0.25, 0.3) is 0 Å². The van der Waals surface area contributed by atoms with Gasteiger partial charge in [-0.3, -0.25) is 0 Å². The van der Waals surface area contributed by atoms with Gasteiger partial charge in [0.2, 0.25) is 0 Å². The van der Waals surface area contributed by atoms with Gasteiger partial charge in [0.15, 0.2) is 0 Å². The van der Waals surface area contributed by atoms with Gasteiger partial charge in [-0.1, -0.05) is 6.92 Å². The lowest BCUT2D eigenvalue weighted by molar-refractivity contribution is 0.119. The van der Waals surface area contributed by atoms with Crippen molar-refractivity contribution in [2.75, 3.05) is 33.4 Å². The minimum absolute atomic E-state index is 0.771. The highest BCUT2D eigenvalue weighted by molar-refractivity contribution is 4.81. The summed E-state index contributed by atoms with van der Waals surface area (Å²) < 4.78 is 5.38. The molecular formula is C14H30N2O. The van der Waals surface area contributed by atoms with E-state index in [0.717, 1.165) is 38.3 Å². The molecule has 0 bridgehead atoms. The van der Waals surface area contributed by atoms with Gasteiger partial charge in [-0.15, -0.1) is 0 Å². The molecule has 0 heterocycles. The van der Waals surface area contributed by atoms with Crippen LogP contribution >= 0.6 is 0 Å². The highest BCUT2D eigenvalue weighted by atomic mass is 16.5. The predicted octanol–water partition coefficient (Wildman–Crippen LogP) is 2.27. The maximum Gasteiger partial charge on any atom is 0.0478 e. The molecule has 1 fully saturated rings. The second kappa shape index (κ2) is 8.90. The fourth-order valence-corrected chi connectivity index (χ4v) is 2.75. The molecule has 0 aromatic rings. The van der Waals surface area contributed by atoms with Gasteiger partial charge >= 0.3 is 0 Å². The number of ether oxygens (including phenoxy) is 1. The van der Waals surface area contributed by atoms with E-state index >= 15 is 0 Å². The van der Waals surface area contributed by atoms with E-state index in [2.05, 4.69) is 31.1 Å².